The number of benzene rings is 1. The van der Waals surface area contributed by atoms with Crippen LogP contribution >= 0.6 is 0 Å². The fourth-order valence-corrected chi connectivity index (χ4v) is 3.60. The normalized spacial score (nSPS) is 11.6. The van der Waals surface area contributed by atoms with E-state index in [0.29, 0.717) is 17.6 Å². The summed E-state index contributed by atoms with van der Waals surface area (Å²) in [5.74, 6) is -0.875. The smallest absolute Gasteiger partial charge is 0.408 e. The number of hydrogen-bond donors (Lipinski definition) is 2. The number of carbonyl (C=O) groups excluding carboxylic acids is 1. The van der Waals surface area contributed by atoms with E-state index in [2.05, 4.69) is 15.0 Å². The van der Waals surface area contributed by atoms with Crippen LogP contribution in [0.1, 0.15) is 17.3 Å². The Bertz CT molecular complexity index is 1120. The summed E-state index contributed by atoms with van der Waals surface area (Å²) in [6.07, 6.45) is 2.98. The molecule has 0 aliphatic heterocycles. The maximum absolute atomic E-state index is 12.4. The third-order valence-electron chi connectivity index (χ3n) is 3.89. The van der Waals surface area contributed by atoms with Crippen molar-refractivity contribution in [3.8, 4) is 0 Å². The van der Waals surface area contributed by atoms with Crippen LogP contribution in [-0.2, 0) is 16.6 Å². The van der Waals surface area contributed by atoms with Crippen molar-refractivity contribution in [1.29, 1.82) is 0 Å². The topological polar surface area (TPSA) is 123 Å². The van der Waals surface area contributed by atoms with Gasteiger partial charge in [0.25, 0.3) is 5.91 Å². The summed E-state index contributed by atoms with van der Waals surface area (Å²) in [5.41, 5.74) is 1.13. The molecule has 2 aromatic heterocycles. The van der Waals surface area contributed by atoms with Gasteiger partial charge in [0.15, 0.2) is 5.58 Å². The lowest BCUT2D eigenvalue weighted by atomic mass is 10.3. The Kier molecular flexibility index (Phi) is 5.38. The van der Waals surface area contributed by atoms with E-state index in [1.54, 1.807) is 25.3 Å². The number of nitrogens with one attached hydrogen (secondary N) is 2. The van der Waals surface area contributed by atoms with Crippen molar-refractivity contribution in [2.24, 2.45) is 0 Å². The third-order valence-corrected chi connectivity index (χ3v) is 5.35. The minimum absolute atomic E-state index is 0.00624. The average Bonchev–Trinajstić information content (AvgIpc) is 2.99. The molecule has 0 aliphatic rings. The van der Waals surface area contributed by atoms with E-state index in [1.807, 2.05) is 0 Å². The molecule has 0 aliphatic carbocycles. The van der Waals surface area contributed by atoms with Crippen LogP contribution in [0.4, 0.5) is 0 Å². The molecule has 0 bridgehead atoms. The molecule has 0 saturated heterocycles. The molecule has 0 fully saturated rings. The van der Waals surface area contributed by atoms with Crippen molar-refractivity contribution in [3.63, 3.8) is 0 Å². The number of hydrogen-bond acceptors (Lipinski definition) is 6. The first-order valence-electron chi connectivity index (χ1n) is 8.23. The Hall–Kier alpha value is -2.98. The van der Waals surface area contributed by atoms with E-state index < -0.39 is 15.8 Å². The maximum atomic E-state index is 12.4. The summed E-state index contributed by atoms with van der Waals surface area (Å²) >= 11 is 0. The maximum Gasteiger partial charge on any atom is 0.419 e. The molecule has 2 heterocycles. The zero-order chi connectivity index (χ0) is 19.4. The molecule has 2 N–H and O–H groups in total. The quantitative estimate of drug-likeness (QED) is 0.573. The summed E-state index contributed by atoms with van der Waals surface area (Å²) in [6, 6.07) is 7.48. The highest BCUT2D eigenvalue weighted by Gasteiger charge is 2.17. The van der Waals surface area contributed by atoms with Gasteiger partial charge in [0.2, 0.25) is 10.0 Å². The largest absolute Gasteiger partial charge is 0.419 e. The van der Waals surface area contributed by atoms with Crippen LogP contribution in [-0.4, -0.2) is 37.0 Å². The number of aromatic nitrogens is 2. The highest BCUT2D eigenvalue weighted by molar-refractivity contribution is 7.89. The molecule has 142 valence electrons. The molecule has 0 radical (unpaired) electrons. The highest BCUT2D eigenvalue weighted by atomic mass is 32.2. The molecule has 0 atom stereocenters. The Morgan fingerprint density at radius 3 is 2.78 bits per heavy atom. The molecule has 3 rings (SSSR count). The van der Waals surface area contributed by atoms with Gasteiger partial charge in [-0.25, -0.2) is 17.9 Å². The van der Waals surface area contributed by atoms with Crippen LogP contribution in [0, 0.1) is 0 Å². The van der Waals surface area contributed by atoms with Gasteiger partial charge in [-0.1, -0.05) is 0 Å². The van der Waals surface area contributed by atoms with Gasteiger partial charge >= 0.3 is 5.76 Å². The minimum atomic E-state index is -3.81. The first kappa shape index (κ1) is 18.8. The van der Waals surface area contributed by atoms with Gasteiger partial charge in [-0.3, -0.25) is 14.3 Å². The number of amides is 1. The molecule has 1 aromatic carbocycles. The van der Waals surface area contributed by atoms with E-state index in [4.69, 9.17) is 4.42 Å². The summed E-state index contributed by atoms with van der Waals surface area (Å²) < 4.78 is 33.7. The van der Waals surface area contributed by atoms with E-state index in [0.717, 1.165) is 0 Å². The summed E-state index contributed by atoms with van der Waals surface area (Å²) in [4.78, 5) is 27.4. The highest BCUT2D eigenvalue weighted by Crippen LogP contribution is 2.18. The summed E-state index contributed by atoms with van der Waals surface area (Å²) in [5, 5.41) is 2.60. The van der Waals surface area contributed by atoms with Crippen LogP contribution < -0.4 is 15.8 Å². The standard InChI is InChI=1S/C17H18N4O5S/c1-2-21-14-6-5-13(10-15(14)26-17(21)23)27(24,25)20-9-8-19-16(22)12-4-3-7-18-11-12/h3-7,10-11,20H,2,8-9H2,1H3,(H,19,22). The van der Waals surface area contributed by atoms with Crippen LogP contribution in [0.5, 0.6) is 0 Å². The van der Waals surface area contributed by atoms with Crippen molar-refractivity contribution in [2.75, 3.05) is 13.1 Å². The zero-order valence-corrected chi connectivity index (χ0v) is 15.3. The average molecular weight is 390 g/mol. The van der Waals surface area contributed by atoms with Gasteiger partial charge in [0.1, 0.15) is 0 Å². The van der Waals surface area contributed by atoms with Crippen molar-refractivity contribution in [2.45, 2.75) is 18.4 Å². The third kappa shape index (κ3) is 4.07. The number of carbonyl (C=O) groups is 1. The minimum Gasteiger partial charge on any atom is -0.408 e. The van der Waals surface area contributed by atoms with Crippen molar-refractivity contribution >= 4 is 27.0 Å². The first-order valence-corrected chi connectivity index (χ1v) is 9.72. The zero-order valence-electron chi connectivity index (χ0n) is 14.5. The second-order valence-electron chi connectivity index (χ2n) is 5.64. The van der Waals surface area contributed by atoms with Gasteiger partial charge < -0.3 is 9.73 Å². The van der Waals surface area contributed by atoms with Gasteiger partial charge in [0.05, 0.1) is 16.0 Å². The molecular formula is C17H18N4O5S. The van der Waals surface area contributed by atoms with Crippen LogP contribution in [0.3, 0.4) is 0 Å². The van der Waals surface area contributed by atoms with Gasteiger partial charge in [-0.15, -0.1) is 0 Å². The molecule has 3 aromatic rings. The fraction of sp³-hybridized carbons (Fsp3) is 0.235. The van der Waals surface area contributed by atoms with Gasteiger partial charge in [-0.05, 0) is 31.2 Å². The van der Waals surface area contributed by atoms with Crippen LogP contribution in [0.2, 0.25) is 0 Å². The molecule has 10 heteroatoms. The number of rotatable bonds is 7. The van der Waals surface area contributed by atoms with Crippen molar-refractivity contribution < 1.29 is 17.6 Å². The molecular weight excluding hydrogens is 372 g/mol. The van der Waals surface area contributed by atoms with E-state index in [9.17, 15) is 18.0 Å². The SMILES string of the molecule is CCn1c(=O)oc2cc(S(=O)(=O)NCCNC(=O)c3cccnc3)ccc21. The molecule has 27 heavy (non-hydrogen) atoms. The van der Waals surface area contributed by atoms with Gasteiger partial charge in [0, 0.05) is 38.1 Å². The fourth-order valence-electron chi connectivity index (χ4n) is 2.56. The lowest BCUT2D eigenvalue weighted by molar-refractivity contribution is 0.0954. The predicted octanol–water partition coefficient (Wildman–Crippen LogP) is 0.718. The monoisotopic (exact) mass is 390 g/mol. The van der Waals surface area contributed by atoms with Crippen LogP contribution in [0.15, 0.2) is 56.8 Å². The number of nitrogens with zero attached hydrogens (tertiary/aromatic N) is 2. The number of aryl methyl sites for hydroxylation is 1. The van der Waals surface area contributed by atoms with E-state index in [-0.39, 0.29) is 29.5 Å². The number of fused-ring (bicyclic) bond motifs is 1. The van der Waals surface area contributed by atoms with Crippen LogP contribution in [0.25, 0.3) is 11.1 Å². The Morgan fingerprint density at radius 1 is 1.26 bits per heavy atom. The lowest BCUT2D eigenvalue weighted by Gasteiger charge is -2.08. The van der Waals surface area contributed by atoms with E-state index >= 15 is 0 Å². The summed E-state index contributed by atoms with van der Waals surface area (Å²) in [7, 11) is -3.81. The Labute approximate surface area is 155 Å². The number of oxazole rings is 1. The molecule has 1 amide bonds. The molecule has 0 saturated carbocycles. The van der Waals surface area contributed by atoms with Crippen molar-refractivity contribution in [3.05, 3.63) is 58.8 Å². The lowest BCUT2D eigenvalue weighted by Crippen LogP contribution is -2.34. The second kappa shape index (κ2) is 7.72. The Morgan fingerprint density at radius 2 is 2.07 bits per heavy atom. The van der Waals surface area contributed by atoms with E-state index in [1.165, 1.54) is 29.0 Å². The second-order valence-corrected chi connectivity index (χ2v) is 7.40. The molecule has 9 nitrogen and oxygen atoms in total. The number of pyridine rings is 1. The van der Waals surface area contributed by atoms with Gasteiger partial charge in [-0.2, -0.15) is 0 Å². The predicted molar refractivity (Wildman–Crippen MR) is 97.9 cm³/mol. The Balaban J connectivity index is 1.64. The molecule has 0 unspecified atom stereocenters. The molecule has 0 spiro atoms. The summed E-state index contributed by atoms with van der Waals surface area (Å²) in [6.45, 7) is 2.33. The van der Waals surface area contributed by atoms with Crippen molar-refractivity contribution in [1.82, 2.24) is 19.6 Å². The number of sulfonamides is 1. The first-order chi connectivity index (χ1) is 12.9.